The van der Waals surface area contributed by atoms with Gasteiger partial charge >= 0.3 is 0 Å². The highest BCUT2D eigenvalue weighted by molar-refractivity contribution is 5.36. The summed E-state index contributed by atoms with van der Waals surface area (Å²) < 4.78 is 19.1. The van der Waals surface area contributed by atoms with E-state index in [1.807, 2.05) is 17.2 Å². The van der Waals surface area contributed by atoms with Crippen molar-refractivity contribution >= 4 is 0 Å². The minimum Gasteiger partial charge on any atom is -0.357 e. The first-order chi connectivity index (χ1) is 10.7. The number of ether oxygens (including phenoxy) is 1. The predicted octanol–water partition coefficient (Wildman–Crippen LogP) is 3.29. The third kappa shape index (κ3) is 2.54. The molecule has 1 unspecified atom stereocenters. The van der Waals surface area contributed by atoms with Gasteiger partial charge in [0.25, 0.3) is 0 Å². The average Bonchev–Trinajstić information content (AvgIpc) is 2.57. The molecule has 0 bridgehead atoms. The summed E-state index contributed by atoms with van der Waals surface area (Å²) in [7, 11) is 3.35. The number of methoxy groups -OCH3 is 1. The smallest absolute Gasteiger partial charge is 0.173 e. The molecule has 2 aromatic carbocycles. The fourth-order valence-corrected chi connectivity index (χ4v) is 3.24. The molecule has 0 aliphatic carbocycles. The van der Waals surface area contributed by atoms with E-state index < -0.39 is 5.72 Å². The molecule has 0 saturated heterocycles. The van der Waals surface area contributed by atoms with Gasteiger partial charge in [-0.25, -0.2) is 4.39 Å². The second-order valence-electron chi connectivity index (χ2n) is 5.48. The number of halogens is 1. The third-order valence-electron chi connectivity index (χ3n) is 4.34. The first-order valence-electron chi connectivity index (χ1n) is 7.39. The number of fused-ring (bicyclic) bond motifs is 1. The molecule has 1 heterocycles. The van der Waals surface area contributed by atoms with E-state index in [0.717, 1.165) is 24.1 Å². The van der Waals surface area contributed by atoms with Crippen LogP contribution in [0.4, 0.5) is 4.39 Å². The van der Waals surface area contributed by atoms with Gasteiger partial charge in [0, 0.05) is 25.6 Å². The molecule has 0 fully saturated rings. The van der Waals surface area contributed by atoms with Gasteiger partial charge in [0.1, 0.15) is 5.82 Å². The highest BCUT2D eigenvalue weighted by Gasteiger charge is 2.43. The van der Waals surface area contributed by atoms with Gasteiger partial charge in [-0.3, -0.25) is 4.84 Å². The summed E-state index contributed by atoms with van der Waals surface area (Å²) >= 11 is 0. The normalized spacial score (nSPS) is 21.6. The van der Waals surface area contributed by atoms with Gasteiger partial charge in [-0.05, 0) is 29.7 Å². The molecule has 2 aromatic rings. The maximum atomic E-state index is 13.2. The number of hydrogen-bond donors (Lipinski definition) is 0. The number of hydrogen-bond acceptors (Lipinski definition) is 3. The lowest BCUT2D eigenvalue weighted by atomic mass is 9.86. The van der Waals surface area contributed by atoms with Crippen LogP contribution in [0.15, 0.2) is 48.5 Å². The van der Waals surface area contributed by atoms with Crippen LogP contribution in [0, 0.1) is 5.82 Å². The molecular formula is C18H20FNO2. The van der Waals surface area contributed by atoms with Gasteiger partial charge in [0.05, 0.1) is 7.11 Å². The van der Waals surface area contributed by atoms with Crippen molar-refractivity contribution in [2.45, 2.75) is 18.6 Å². The molecule has 0 amide bonds. The zero-order valence-corrected chi connectivity index (χ0v) is 12.9. The second kappa shape index (κ2) is 6.16. The topological polar surface area (TPSA) is 21.7 Å². The quantitative estimate of drug-likeness (QED) is 0.865. The standard InChI is InChI=1S/C18H20FNO2/c1-21-18(13-14-7-9-16(19)10-8-14)17-6-4-3-5-15(17)11-12-20(18)22-2/h3-10H,11-13H2,1-2H3. The lowest BCUT2D eigenvalue weighted by Crippen LogP contribution is -2.52. The van der Waals surface area contributed by atoms with E-state index in [1.165, 1.54) is 17.7 Å². The summed E-state index contributed by atoms with van der Waals surface area (Å²) in [6, 6.07) is 14.8. The van der Waals surface area contributed by atoms with E-state index in [-0.39, 0.29) is 5.82 Å². The summed E-state index contributed by atoms with van der Waals surface area (Å²) in [6.45, 7) is 0.753. The highest BCUT2D eigenvalue weighted by Crippen LogP contribution is 2.39. The SMILES string of the molecule is CON1CCc2ccccc2C1(Cc1ccc(F)cc1)OC. The van der Waals surface area contributed by atoms with Crippen molar-refractivity contribution < 1.29 is 14.0 Å². The Balaban J connectivity index is 2.06. The van der Waals surface area contributed by atoms with Crippen molar-refractivity contribution in [3.8, 4) is 0 Å². The molecule has 0 aromatic heterocycles. The van der Waals surface area contributed by atoms with Gasteiger partial charge in [-0.2, -0.15) is 5.06 Å². The van der Waals surface area contributed by atoms with Gasteiger partial charge in [0.15, 0.2) is 5.72 Å². The van der Waals surface area contributed by atoms with Crippen LogP contribution in [-0.4, -0.2) is 25.8 Å². The van der Waals surface area contributed by atoms with Crippen LogP contribution < -0.4 is 0 Å². The largest absolute Gasteiger partial charge is 0.357 e. The van der Waals surface area contributed by atoms with Crippen LogP contribution in [0.1, 0.15) is 16.7 Å². The van der Waals surface area contributed by atoms with E-state index in [0.29, 0.717) is 6.42 Å². The second-order valence-corrected chi connectivity index (χ2v) is 5.48. The van der Waals surface area contributed by atoms with Crippen LogP contribution in [0.2, 0.25) is 0 Å². The van der Waals surface area contributed by atoms with Crippen molar-refractivity contribution in [1.82, 2.24) is 5.06 Å². The number of nitrogens with zero attached hydrogens (tertiary/aromatic N) is 1. The molecule has 22 heavy (non-hydrogen) atoms. The Morgan fingerprint density at radius 2 is 1.82 bits per heavy atom. The number of benzene rings is 2. The Labute approximate surface area is 130 Å². The fourth-order valence-electron chi connectivity index (χ4n) is 3.24. The Hall–Kier alpha value is -1.75. The van der Waals surface area contributed by atoms with Crippen molar-refractivity contribution in [3.05, 3.63) is 71.0 Å². The highest BCUT2D eigenvalue weighted by atomic mass is 19.1. The third-order valence-corrected chi connectivity index (χ3v) is 4.34. The molecule has 1 aliphatic rings. The Morgan fingerprint density at radius 3 is 2.50 bits per heavy atom. The Bertz CT molecular complexity index is 644. The molecule has 0 radical (unpaired) electrons. The lowest BCUT2D eigenvalue weighted by molar-refractivity contribution is -0.301. The summed E-state index contributed by atoms with van der Waals surface area (Å²) in [5.74, 6) is -0.233. The van der Waals surface area contributed by atoms with Crippen LogP contribution in [0.25, 0.3) is 0 Å². The van der Waals surface area contributed by atoms with E-state index >= 15 is 0 Å². The molecule has 3 nitrogen and oxygen atoms in total. The monoisotopic (exact) mass is 301 g/mol. The van der Waals surface area contributed by atoms with Crippen LogP contribution in [0.5, 0.6) is 0 Å². The molecule has 3 rings (SSSR count). The minimum atomic E-state index is -0.693. The predicted molar refractivity (Wildman–Crippen MR) is 82.7 cm³/mol. The summed E-state index contributed by atoms with van der Waals surface area (Å²) in [6.07, 6.45) is 1.51. The summed E-state index contributed by atoms with van der Waals surface area (Å²) in [4.78, 5) is 5.59. The molecule has 0 N–H and O–H groups in total. The minimum absolute atomic E-state index is 0.233. The van der Waals surface area contributed by atoms with E-state index in [9.17, 15) is 4.39 Å². The molecule has 1 atom stereocenters. The number of hydroxylamine groups is 2. The first-order valence-corrected chi connectivity index (χ1v) is 7.39. The lowest BCUT2D eigenvalue weighted by Gasteiger charge is -2.45. The molecule has 0 spiro atoms. The van der Waals surface area contributed by atoms with E-state index in [2.05, 4.69) is 12.1 Å². The van der Waals surface area contributed by atoms with Gasteiger partial charge in [-0.15, -0.1) is 0 Å². The zero-order valence-electron chi connectivity index (χ0n) is 12.9. The molecule has 0 saturated carbocycles. The van der Waals surface area contributed by atoms with E-state index in [1.54, 1.807) is 26.4 Å². The molecule has 4 heteroatoms. The molecule has 116 valence electrons. The van der Waals surface area contributed by atoms with Gasteiger partial charge in [0.2, 0.25) is 0 Å². The zero-order chi connectivity index (χ0) is 15.6. The Morgan fingerprint density at radius 1 is 1.09 bits per heavy atom. The summed E-state index contributed by atoms with van der Waals surface area (Å²) in [5, 5.41) is 1.87. The van der Waals surface area contributed by atoms with Crippen molar-refractivity contribution in [3.63, 3.8) is 0 Å². The van der Waals surface area contributed by atoms with Crippen molar-refractivity contribution in [2.24, 2.45) is 0 Å². The molecule has 1 aliphatic heterocycles. The average molecular weight is 301 g/mol. The van der Waals surface area contributed by atoms with Crippen molar-refractivity contribution in [1.29, 1.82) is 0 Å². The maximum absolute atomic E-state index is 13.2. The first kappa shape index (κ1) is 15.2. The Kier molecular flexibility index (Phi) is 4.25. The molecular weight excluding hydrogens is 281 g/mol. The van der Waals surface area contributed by atoms with Gasteiger partial charge < -0.3 is 4.74 Å². The fraction of sp³-hybridized carbons (Fsp3) is 0.333. The summed E-state index contributed by atoms with van der Waals surface area (Å²) in [5.41, 5.74) is 2.68. The maximum Gasteiger partial charge on any atom is 0.173 e. The van der Waals surface area contributed by atoms with Crippen LogP contribution in [0.3, 0.4) is 0 Å². The van der Waals surface area contributed by atoms with E-state index in [4.69, 9.17) is 9.57 Å². The number of rotatable bonds is 4. The van der Waals surface area contributed by atoms with Crippen LogP contribution in [-0.2, 0) is 28.1 Å². The van der Waals surface area contributed by atoms with Crippen molar-refractivity contribution in [2.75, 3.05) is 20.8 Å². The van der Waals surface area contributed by atoms with Crippen LogP contribution >= 0.6 is 0 Å². The van der Waals surface area contributed by atoms with Gasteiger partial charge in [-0.1, -0.05) is 36.4 Å².